The standard InChI is InChI=1S/C16H24O4/c1-15(2,3)10-8-11(14(18)20-19-7)13(17)12(9-10)16(4,5)6/h8-9,17H,1-7H3. The first kappa shape index (κ1) is 16.5. The minimum atomic E-state index is -0.693. The Kier molecular flexibility index (Phi) is 4.49. The van der Waals surface area contributed by atoms with E-state index >= 15 is 0 Å². The summed E-state index contributed by atoms with van der Waals surface area (Å²) >= 11 is 0. The molecule has 0 saturated carbocycles. The van der Waals surface area contributed by atoms with Crippen LogP contribution in [0.3, 0.4) is 0 Å². The summed E-state index contributed by atoms with van der Waals surface area (Å²) in [5.74, 6) is -0.742. The predicted octanol–water partition coefficient (Wildman–Crippen LogP) is 3.71. The van der Waals surface area contributed by atoms with Gasteiger partial charge in [-0.15, -0.1) is 0 Å². The van der Waals surface area contributed by atoms with Gasteiger partial charge in [-0.25, -0.2) is 4.79 Å². The number of hydrogen-bond acceptors (Lipinski definition) is 4. The zero-order chi connectivity index (χ0) is 15.7. The van der Waals surface area contributed by atoms with Crippen LogP contribution in [0.1, 0.15) is 63.0 Å². The van der Waals surface area contributed by atoms with Crippen LogP contribution in [0, 0.1) is 0 Å². The number of phenols is 1. The van der Waals surface area contributed by atoms with Crippen molar-refractivity contribution in [2.45, 2.75) is 52.4 Å². The lowest BCUT2D eigenvalue weighted by Gasteiger charge is -2.26. The Balaban J connectivity index is 3.55. The molecule has 1 rings (SSSR count). The van der Waals surface area contributed by atoms with Gasteiger partial charge in [0.2, 0.25) is 0 Å². The molecule has 0 bridgehead atoms. The van der Waals surface area contributed by atoms with Gasteiger partial charge in [0.1, 0.15) is 11.3 Å². The number of carbonyl (C=O) groups excluding carboxylic acids is 1. The van der Waals surface area contributed by atoms with Gasteiger partial charge in [0.05, 0.1) is 7.11 Å². The number of phenolic OH excluding ortho intramolecular Hbond substituents is 1. The third-order valence-electron chi connectivity index (χ3n) is 3.16. The van der Waals surface area contributed by atoms with E-state index in [0.29, 0.717) is 5.56 Å². The zero-order valence-corrected chi connectivity index (χ0v) is 13.3. The van der Waals surface area contributed by atoms with Gasteiger partial charge in [0.25, 0.3) is 0 Å². The Labute approximate surface area is 120 Å². The van der Waals surface area contributed by atoms with E-state index in [9.17, 15) is 9.90 Å². The molecule has 0 radical (unpaired) electrons. The van der Waals surface area contributed by atoms with E-state index in [1.807, 2.05) is 26.8 Å². The van der Waals surface area contributed by atoms with E-state index < -0.39 is 5.97 Å². The fraction of sp³-hybridized carbons (Fsp3) is 0.562. The monoisotopic (exact) mass is 280 g/mol. The van der Waals surface area contributed by atoms with Crippen molar-refractivity contribution < 1.29 is 19.7 Å². The Morgan fingerprint density at radius 3 is 2.00 bits per heavy atom. The summed E-state index contributed by atoms with van der Waals surface area (Å²) in [6.07, 6.45) is 0. The topological polar surface area (TPSA) is 55.8 Å². The highest BCUT2D eigenvalue weighted by molar-refractivity contribution is 5.93. The second kappa shape index (κ2) is 5.44. The van der Waals surface area contributed by atoms with Gasteiger partial charge < -0.3 is 5.11 Å². The highest BCUT2D eigenvalue weighted by atomic mass is 17.2. The predicted molar refractivity (Wildman–Crippen MR) is 77.9 cm³/mol. The summed E-state index contributed by atoms with van der Waals surface area (Å²) in [5.41, 5.74) is 1.38. The van der Waals surface area contributed by atoms with Crippen molar-refractivity contribution in [2.24, 2.45) is 0 Å². The second-order valence-corrected chi connectivity index (χ2v) is 6.96. The molecule has 4 nitrogen and oxygen atoms in total. The Morgan fingerprint density at radius 2 is 1.60 bits per heavy atom. The molecule has 0 atom stereocenters. The molecule has 0 aliphatic rings. The Morgan fingerprint density at radius 1 is 1.05 bits per heavy atom. The average Bonchev–Trinajstić information content (AvgIpc) is 2.26. The van der Waals surface area contributed by atoms with E-state index in [1.54, 1.807) is 6.07 Å². The SMILES string of the molecule is COOC(=O)c1cc(C(C)(C)C)cc(C(C)(C)C)c1O. The summed E-state index contributed by atoms with van der Waals surface area (Å²) in [4.78, 5) is 20.9. The summed E-state index contributed by atoms with van der Waals surface area (Å²) in [7, 11) is 1.26. The van der Waals surface area contributed by atoms with Crippen molar-refractivity contribution in [1.29, 1.82) is 0 Å². The molecule has 0 spiro atoms. The molecule has 0 fully saturated rings. The third-order valence-corrected chi connectivity index (χ3v) is 3.16. The number of aromatic hydroxyl groups is 1. The summed E-state index contributed by atoms with van der Waals surface area (Å²) in [5, 5.41) is 10.4. The van der Waals surface area contributed by atoms with Crippen molar-refractivity contribution in [3.8, 4) is 5.75 Å². The van der Waals surface area contributed by atoms with Crippen LogP contribution >= 0.6 is 0 Å². The molecule has 0 aromatic heterocycles. The Hall–Kier alpha value is -1.55. The quantitative estimate of drug-likeness (QED) is 0.663. The lowest BCUT2D eigenvalue weighted by molar-refractivity contribution is -0.216. The summed E-state index contributed by atoms with van der Waals surface area (Å²) in [6, 6.07) is 3.60. The van der Waals surface area contributed by atoms with E-state index in [1.165, 1.54) is 7.11 Å². The lowest BCUT2D eigenvalue weighted by Crippen LogP contribution is -2.19. The average molecular weight is 280 g/mol. The normalized spacial score (nSPS) is 12.3. The molecule has 1 aromatic rings. The molecule has 112 valence electrons. The van der Waals surface area contributed by atoms with Gasteiger partial charge >= 0.3 is 5.97 Å². The minimum Gasteiger partial charge on any atom is -0.507 e. The van der Waals surface area contributed by atoms with Crippen molar-refractivity contribution >= 4 is 5.97 Å². The lowest BCUT2D eigenvalue weighted by atomic mass is 9.79. The maximum absolute atomic E-state index is 11.9. The molecule has 0 heterocycles. The van der Waals surface area contributed by atoms with E-state index in [0.717, 1.165) is 5.56 Å². The molecule has 4 heteroatoms. The van der Waals surface area contributed by atoms with Crippen molar-refractivity contribution in [3.63, 3.8) is 0 Å². The van der Waals surface area contributed by atoms with E-state index in [-0.39, 0.29) is 22.1 Å². The maximum Gasteiger partial charge on any atom is 0.376 e. The molecule has 0 saturated heterocycles. The fourth-order valence-electron chi connectivity index (χ4n) is 1.92. The molecule has 0 amide bonds. The van der Waals surface area contributed by atoms with Crippen LogP contribution in [0.15, 0.2) is 12.1 Å². The van der Waals surface area contributed by atoms with Crippen LogP contribution in [0.4, 0.5) is 0 Å². The number of hydrogen-bond donors (Lipinski definition) is 1. The van der Waals surface area contributed by atoms with Gasteiger partial charge in [-0.05, 0) is 22.5 Å². The van der Waals surface area contributed by atoms with Crippen LogP contribution in [-0.2, 0) is 20.6 Å². The Bertz CT molecular complexity index is 504. The first-order valence-electron chi connectivity index (χ1n) is 6.61. The van der Waals surface area contributed by atoms with Gasteiger partial charge in [0, 0.05) is 5.56 Å². The minimum absolute atomic E-state index is 0.0486. The first-order chi connectivity index (χ1) is 8.98. The molecule has 20 heavy (non-hydrogen) atoms. The molecule has 0 aliphatic heterocycles. The van der Waals surface area contributed by atoms with Crippen molar-refractivity contribution in [3.05, 3.63) is 28.8 Å². The number of benzene rings is 1. The maximum atomic E-state index is 11.9. The van der Waals surface area contributed by atoms with Gasteiger partial charge in [0.15, 0.2) is 0 Å². The van der Waals surface area contributed by atoms with Crippen LogP contribution in [0.25, 0.3) is 0 Å². The first-order valence-corrected chi connectivity index (χ1v) is 6.61. The highest BCUT2D eigenvalue weighted by Crippen LogP contribution is 2.37. The van der Waals surface area contributed by atoms with Crippen LogP contribution < -0.4 is 0 Å². The zero-order valence-electron chi connectivity index (χ0n) is 13.3. The summed E-state index contributed by atoms with van der Waals surface area (Å²) in [6.45, 7) is 12.1. The van der Waals surface area contributed by atoms with E-state index in [2.05, 4.69) is 30.5 Å². The molecule has 0 aliphatic carbocycles. The fourth-order valence-corrected chi connectivity index (χ4v) is 1.92. The van der Waals surface area contributed by atoms with Crippen molar-refractivity contribution in [2.75, 3.05) is 7.11 Å². The molecule has 1 N–H and O–H groups in total. The van der Waals surface area contributed by atoms with Crippen molar-refractivity contribution in [1.82, 2.24) is 0 Å². The van der Waals surface area contributed by atoms with Crippen LogP contribution in [0.2, 0.25) is 0 Å². The number of carbonyl (C=O) groups is 1. The second-order valence-electron chi connectivity index (χ2n) is 6.96. The van der Waals surface area contributed by atoms with Gasteiger partial charge in [-0.3, -0.25) is 4.89 Å². The smallest absolute Gasteiger partial charge is 0.376 e. The van der Waals surface area contributed by atoms with Gasteiger partial charge in [-0.1, -0.05) is 47.6 Å². The van der Waals surface area contributed by atoms with Crippen LogP contribution in [-0.4, -0.2) is 18.2 Å². The highest BCUT2D eigenvalue weighted by Gasteiger charge is 2.27. The molecular weight excluding hydrogens is 256 g/mol. The third kappa shape index (κ3) is 3.51. The summed E-state index contributed by atoms with van der Waals surface area (Å²) < 4.78 is 0. The van der Waals surface area contributed by atoms with E-state index in [4.69, 9.17) is 0 Å². The largest absolute Gasteiger partial charge is 0.507 e. The molecule has 1 aromatic carbocycles. The van der Waals surface area contributed by atoms with Gasteiger partial charge in [-0.2, -0.15) is 4.89 Å². The van der Waals surface area contributed by atoms with Crippen LogP contribution in [0.5, 0.6) is 5.75 Å². The molecular formula is C16H24O4. The molecule has 0 unspecified atom stereocenters. The number of rotatable bonds is 2.